The van der Waals surface area contributed by atoms with E-state index in [0.29, 0.717) is 12.6 Å². The molecule has 3 N–H and O–H groups in total. The summed E-state index contributed by atoms with van der Waals surface area (Å²) in [7, 11) is 0. The monoisotopic (exact) mass is 425 g/mol. The first-order valence-corrected chi connectivity index (χ1v) is 11.1. The second-order valence-corrected chi connectivity index (χ2v) is 8.47. The number of hydrogen-bond donors (Lipinski definition) is 3. The van der Waals surface area contributed by atoms with Gasteiger partial charge in [0.15, 0.2) is 0 Å². The van der Waals surface area contributed by atoms with Gasteiger partial charge in [-0.05, 0) is 95.2 Å². The lowest BCUT2D eigenvalue weighted by Gasteiger charge is -2.15. The molecule has 32 heavy (non-hydrogen) atoms. The molecular weight excluding hydrogens is 398 g/mol. The fourth-order valence-electron chi connectivity index (χ4n) is 4.49. The number of rotatable bonds is 6. The Labute approximate surface area is 188 Å². The van der Waals surface area contributed by atoms with Crippen LogP contribution in [0.4, 0.5) is 0 Å². The van der Waals surface area contributed by atoms with Gasteiger partial charge in [0.1, 0.15) is 23.9 Å². The van der Waals surface area contributed by atoms with E-state index in [1.54, 1.807) is 24.3 Å². The average molecular weight is 426 g/mol. The van der Waals surface area contributed by atoms with Crippen LogP contribution in [0.5, 0.6) is 17.2 Å². The third-order valence-corrected chi connectivity index (χ3v) is 6.21. The predicted molar refractivity (Wildman–Crippen MR) is 128 cm³/mol. The Kier molecular flexibility index (Phi) is 5.70. The molecule has 1 atom stereocenters. The minimum atomic E-state index is 0.254. The highest BCUT2D eigenvalue weighted by Gasteiger charge is 2.15. The lowest BCUT2D eigenvalue weighted by Crippen LogP contribution is -2.28. The van der Waals surface area contributed by atoms with Crippen molar-refractivity contribution in [3.05, 3.63) is 90.0 Å². The first-order chi connectivity index (χ1) is 15.7. The molecule has 1 saturated heterocycles. The van der Waals surface area contributed by atoms with E-state index in [9.17, 15) is 10.2 Å². The van der Waals surface area contributed by atoms with Gasteiger partial charge in [-0.15, -0.1) is 0 Å². The largest absolute Gasteiger partial charge is 0.508 e. The molecule has 5 rings (SSSR count). The molecule has 0 aliphatic carbocycles. The highest BCUT2D eigenvalue weighted by molar-refractivity contribution is 5.93. The van der Waals surface area contributed by atoms with Gasteiger partial charge in [-0.1, -0.05) is 42.5 Å². The lowest BCUT2D eigenvalue weighted by atomic mass is 9.90. The number of phenols is 2. The van der Waals surface area contributed by atoms with Crippen molar-refractivity contribution < 1.29 is 14.9 Å². The SMILES string of the molecule is Oc1ccc(-c2ccc3cc(O)ccc3c2Cc2ccc(OCC3CCCN3)cc2)cc1. The highest BCUT2D eigenvalue weighted by atomic mass is 16.5. The number of ether oxygens (including phenoxy) is 1. The van der Waals surface area contributed by atoms with Crippen molar-refractivity contribution >= 4 is 10.8 Å². The zero-order chi connectivity index (χ0) is 21.9. The fraction of sp³-hybridized carbons (Fsp3) is 0.214. The maximum atomic E-state index is 9.94. The summed E-state index contributed by atoms with van der Waals surface area (Å²) in [4.78, 5) is 0. The minimum Gasteiger partial charge on any atom is -0.508 e. The molecule has 0 bridgehead atoms. The maximum Gasteiger partial charge on any atom is 0.119 e. The van der Waals surface area contributed by atoms with Crippen LogP contribution in [0.25, 0.3) is 21.9 Å². The van der Waals surface area contributed by atoms with Crippen LogP contribution in [0.15, 0.2) is 78.9 Å². The molecule has 0 aromatic heterocycles. The smallest absolute Gasteiger partial charge is 0.119 e. The molecule has 1 heterocycles. The molecule has 4 aromatic carbocycles. The Morgan fingerprint density at radius 3 is 2.38 bits per heavy atom. The van der Waals surface area contributed by atoms with E-state index < -0.39 is 0 Å². The van der Waals surface area contributed by atoms with Crippen LogP contribution in [-0.4, -0.2) is 29.4 Å². The van der Waals surface area contributed by atoms with Crippen molar-refractivity contribution in [1.29, 1.82) is 0 Å². The third kappa shape index (κ3) is 4.41. The van der Waals surface area contributed by atoms with E-state index in [1.807, 2.05) is 36.4 Å². The Morgan fingerprint density at radius 1 is 0.844 bits per heavy atom. The second-order valence-electron chi connectivity index (χ2n) is 8.47. The lowest BCUT2D eigenvalue weighted by molar-refractivity contribution is 0.277. The average Bonchev–Trinajstić information content (AvgIpc) is 3.33. The molecule has 0 spiro atoms. The molecule has 4 aromatic rings. The van der Waals surface area contributed by atoms with Crippen LogP contribution in [0.2, 0.25) is 0 Å². The summed E-state index contributed by atoms with van der Waals surface area (Å²) in [6, 6.07) is 25.7. The van der Waals surface area contributed by atoms with Crippen LogP contribution < -0.4 is 10.1 Å². The first kappa shape index (κ1) is 20.4. The maximum absolute atomic E-state index is 9.94. The van der Waals surface area contributed by atoms with Crippen molar-refractivity contribution in [2.75, 3.05) is 13.2 Å². The van der Waals surface area contributed by atoms with Gasteiger partial charge in [-0.25, -0.2) is 0 Å². The van der Waals surface area contributed by atoms with Gasteiger partial charge in [0.2, 0.25) is 0 Å². The quantitative estimate of drug-likeness (QED) is 0.374. The van der Waals surface area contributed by atoms with E-state index in [4.69, 9.17) is 4.74 Å². The molecule has 4 heteroatoms. The molecule has 162 valence electrons. The topological polar surface area (TPSA) is 61.7 Å². The van der Waals surface area contributed by atoms with Gasteiger partial charge in [-0.2, -0.15) is 0 Å². The van der Waals surface area contributed by atoms with Gasteiger partial charge < -0.3 is 20.3 Å². The summed E-state index contributed by atoms with van der Waals surface area (Å²) >= 11 is 0. The van der Waals surface area contributed by atoms with E-state index in [0.717, 1.165) is 40.6 Å². The minimum absolute atomic E-state index is 0.254. The van der Waals surface area contributed by atoms with Crippen LogP contribution in [0.1, 0.15) is 24.0 Å². The van der Waals surface area contributed by atoms with Crippen LogP contribution in [0, 0.1) is 0 Å². The molecule has 4 nitrogen and oxygen atoms in total. The van der Waals surface area contributed by atoms with Gasteiger partial charge in [-0.3, -0.25) is 0 Å². The number of phenolic OH excluding ortho intramolecular Hbond substituents is 2. The standard InChI is InChI=1S/C28H27NO3/c30-23-8-5-20(6-9-23)26-13-7-21-17-24(31)10-14-27(21)28(26)16-19-3-11-25(12-4-19)32-18-22-2-1-15-29-22/h3-14,17,22,29-31H,1-2,15-16,18H2. The molecule has 1 aliphatic rings. The highest BCUT2D eigenvalue weighted by Crippen LogP contribution is 2.34. The number of aromatic hydroxyl groups is 2. The van der Waals surface area contributed by atoms with Gasteiger partial charge in [0.25, 0.3) is 0 Å². The third-order valence-electron chi connectivity index (χ3n) is 6.21. The number of nitrogens with one attached hydrogen (secondary N) is 1. The number of hydrogen-bond acceptors (Lipinski definition) is 4. The summed E-state index contributed by atoms with van der Waals surface area (Å²) < 4.78 is 5.97. The van der Waals surface area contributed by atoms with Crippen molar-refractivity contribution in [3.63, 3.8) is 0 Å². The van der Waals surface area contributed by atoms with Gasteiger partial charge in [0, 0.05) is 6.04 Å². The van der Waals surface area contributed by atoms with Crippen molar-refractivity contribution in [2.45, 2.75) is 25.3 Å². The predicted octanol–water partition coefficient (Wildman–Crippen LogP) is 5.64. The van der Waals surface area contributed by atoms with Crippen molar-refractivity contribution in [3.8, 4) is 28.4 Å². The molecule has 0 radical (unpaired) electrons. The normalized spacial score (nSPS) is 15.8. The Bertz CT molecular complexity index is 1210. The summed E-state index contributed by atoms with van der Waals surface area (Å²) in [6.45, 7) is 1.79. The first-order valence-electron chi connectivity index (χ1n) is 11.1. The van der Waals surface area contributed by atoms with Crippen molar-refractivity contribution in [1.82, 2.24) is 5.32 Å². The number of benzene rings is 4. The zero-order valence-electron chi connectivity index (χ0n) is 17.9. The summed E-state index contributed by atoms with van der Waals surface area (Å²) in [6.07, 6.45) is 3.15. The molecule has 0 amide bonds. The summed E-state index contributed by atoms with van der Waals surface area (Å²) in [5.41, 5.74) is 4.56. The van der Waals surface area contributed by atoms with Crippen molar-refractivity contribution in [2.24, 2.45) is 0 Å². The molecular formula is C28H27NO3. The Balaban J connectivity index is 1.45. The second kappa shape index (κ2) is 8.93. The fourth-order valence-corrected chi connectivity index (χ4v) is 4.49. The van der Waals surface area contributed by atoms with E-state index in [1.165, 1.54) is 24.0 Å². The van der Waals surface area contributed by atoms with Crippen LogP contribution in [-0.2, 0) is 6.42 Å². The van der Waals surface area contributed by atoms with Gasteiger partial charge >= 0.3 is 0 Å². The molecule has 1 unspecified atom stereocenters. The zero-order valence-corrected chi connectivity index (χ0v) is 17.9. The Morgan fingerprint density at radius 2 is 1.62 bits per heavy atom. The van der Waals surface area contributed by atoms with E-state index in [2.05, 4.69) is 23.5 Å². The molecule has 1 aliphatic heterocycles. The number of fused-ring (bicyclic) bond motifs is 1. The summed E-state index contributed by atoms with van der Waals surface area (Å²) in [5.74, 6) is 1.41. The molecule has 1 fully saturated rings. The van der Waals surface area contributed by atoms with Gasteiger partial charge in [0.05, 0.1) is 0 Å². The Hall–Kier alpha value is -3.50. The van der Waals surface area contributed by atoms with Crippen LogP contribution >= 0.6 is 0 Å². The van der Waals surface area contributed by atoms with Crippen LogP contribution in [0.3, 0.4) is 0 Å². The van der Waals surface area contributed by atoms with E-state index in [-0.39, 0.29) is 11.5 Å². The van der Waals surface area contributed by atoms with E-state index >= 15 is 0 Å². The molecule has 0 saturated carbocycles. The summed E-state index contributed by atoms with van der Waals surface area (Å²) in [5, 5.41) is 25.2.